The largest absolute Gasteiger partial charge is 0.504 e. The van der Waals surface area contributed by atoms with Crippen LogP contribution in [0.4, 0.5) is 5.69 Å². The zero-order valence-electron chi connectivity index (χ0n) is 23.6. The molecule has 0 bridgehead atoms. The van der Waals surface area contributed by atoms with Gasteiger partial charge < -0.3 is 25.0 Å². The number of rotatable bonds is 8. The number of aryl methyl sites for hydroxylation is 1. The Kier molecular flexibility index (Phi) is 6.81. The summed E-state index contributed by atoms with van der Waals surface area (Å²) in [6.07, 6.45) is 1.40. The third-order valence-corrected chi connectivity index (χ3v) is 8.85. The van der Waals surface area contributed by atoms with E-state index in [1.165, 1.54) is 17.0 Å². The Morgan fingerprint density at radius 1 is 0.857 bits per heavy atom. The van der Waals surface area contributed by atoms with Gasteiger partial charge in [-0.15, -0.1) is 0 Å². The summed E-state index contributed by atoms with van der Waals surface area (Å²) in [5.41, 5.74) is 2.40. The van der Waals surface area contributed by atoms with E-state index in [0.29, 0.717) is 34.7 Å². The van der Waals surface area contributed by atoms with Gasteiger partial charge in [0.15, 0.2) is 23.0 Å². The highest BCUT2D eigenvalue weighted by molar-refractivity contribution is 6.15. The third kappa shape index (κ3) is 4.16. The fourth-order valence-corrected chi connectivity index (χ4v) is 6.75. The van der Waals surface area contributed by atoms with Crippen molar-refractivity contribution in [3.8, 4) is 23.0 Å². The number of phenolic OH excluding ortho intramolecular Hbond substituents is 2. The van der Waals surface area contributed by atoms with Crippen molar-refractivity contribution in [2.24, 2.45) is 11.8 Å². The summed E-state index contributed by atoms with van der Waals surface area (Å²) in [6, 6.07) is 15.1. The van der Waals surface area contributed by atoms with Gasteiger partial charge in [-0.1, -0.05) is 31.2 Å². The summed E-state index contributed by atoms with van der Waals surface area (Å²) in [4.78, 5) is 43.3. The quantitative estimate of drug-likeness (QED) is 0.239. The maximum atomic E-state index is 14.2. The molecule has 0 aromatic heterocycles. The number of anilines is 1. The van der Waals surface area contributed by atoms with Gasteiger partial charge in [0.2, 0.25) is 17.7 Å². The molecule has 2 saturated heterocycles. The SMILES string of the molecule is CCc1ccc2c(c1)[C@@]1(N[C@H](Cc3ccc(O)c(O)c3)[C@H]3C(=O)N(CCc4ccc(OC)c(OC)c4)C(=O)[C@@H]31)C(=O)N2. The maximum absolute atomic E-state index is 14.2. The molecule has 0 saturated carbocycles. The molecular formula is C32H33N3O7. The van der Waals surface area contributed by atoms with Crippen LogP contribution in [0.5, 0.6) is 23.0 Å². The number of carbonyl (C=O) groups is 3. The summed E-state index contributed by atoms with van der Waals surface area (Å²) in [6.45, 7) is 2.16. The van der Waals surface area contributed by atoms with E-state index in [-0.39, 0.29) is 42.2 Å². The summed E-state index contributed by atoms with van der Waals surface area (Å²) in [5.74, 6) is -2.24. The second-order valence-electron chi connectivity index (χ2n) is 11.0. The van der Waals surface area contributed by atoms with Gasteiger partial charge >= 0.3 is 0 Å². The molecule has 2 fully saturated rings. The van der Waals surface area contributed by atoms with Crippen molar-refractivity contribution < 1.29 is 34.1 Å². The Morgan fingerprint density at radius 3 is 2.31 bits per heavy atom. The van der Waals surface area contributed by atoms with Gasteiger partial charge in [0.25, 0.3) is 0 Å². The Hall–Kier alpha value is -4.57. The van der Waals surface area contributed by atoms with Gasteiger partial charge in [-0.25, -0.2) is 0 Å². The normalized spacial score (nSPS) is 24.2. The molecule has 1 spiro atoms. The molecule has 0 unspecified atom stereocenters. The first-order chi connectivity index (χ1) is 20.2. The van der Waals surface area contributed by atoms with E-state index in [1.54, 1.807) is 26.4 Å². The van der Waals surface area contributed by atoms with Crippen LogP contribution in [0.1, 0.15) is 29.2 Å². The van der Waals surface area contributed by atoms with Crippen molar-refractivity contribution in [3.05, 3.63) is 76.9 Å². The van der Waals surface area contributed by atoms with Gasteiger partial charge in [-0.3, -0.25) is 24.6 Å². The van der Waals surface area contributed by atoms with Crippen LogP contribution in [0.15, 0.2) is 54.6 Å². The molecule has 4 N–H and O–H groups in total. The van der Waals surface area contributed by atoms with Gasteiger partial charge in [0, 0.05) is 23.8 Å². The number of hydrogen-bond acceptors (Lipinski definition) is 8. The first kappa shape index (κ1) is 27.6. The van der Waals surface area contributed by atoms with Crippen LogP contribution in [0, 0.1) is 11.8 Å². The predicted octanol–water partition coefficient (Wildman–Crippen LogP) is 2.88. The minimum atomic E-state index is -1.42. The summed E-state index contributed by atoms with van der Waals surface area (Å²) >= 11 is 0. The number of amides is 3. The molecule has 0 radical (unpaired) electrons. The standard InChI is InChI=1S/C32H33N3O7/c1-4-17-5-8-21-20(13-17)32(31(40)33-21)28-27(22(34-32)14-19-6-9-23(36)24(37)15-19)29(38)35(30(28)39)12-11-18-7-10-25(41-2)26(16-18)42-3/h5-10,13,15-16,22,27-28,34,36-37H,4,11-12,14H2,1-3H3,(H,33,40)/t22-,27-,28-,32+/m1/s1. The lowest BCUT2D eigenvalue weighted by Crippen LogP contribution is -2.53. The lowest BCUT2D eigenvalue weighted by molar-refractivity contribution is -0.142. The fourth-order valence-electron chi connectivity index (χ4n) is 6.75. The predicted molar refractivity (Wildman–Crippen MR) is 153 cm³/mol. The molecule has 3 aromatic carbocycles. The van der Waals surface area contributed by atoms with Crippen molar-refractivity contribution in [2.75, 3.05) is 26.1 Å². The molecule has 42 heavy (non-hydrogen) atoms. The van der Waals surface area contributed by atoms with Crippen LogP contribution in [-0.2, 0) is 39.2 Å². The highest BCUT2D eigenvalue weighted by atomic mass is 16.5. The van der Waals surface area contributed by atoms with Crippen LogP contribution in [0.25, 0.3) is 0 Å². The van der Waals surface area contributed by atoms with Crippen molar-refractivity contribution >= 4 is 23.4 Å². The maximum Gasteiger partial charge on any atom is 0.250 e. The zero-order valence-corrected chi connectivity index (χ0v) is 23.6. The lowest BCUT2D eigenvalue weighted by Gasteiger charge is -2.30. The number of likely N-dealkylation sites (tertiary alicyclic amines) is 1. The zero-order chi connectivity index (χ0) is 29.8. The fraction of sp³-hybridized carbons (Fsp3) is 0.344. The van der Waals surface area contributed by atoms with Crippen LogP contribution in [0.3, 0.4) is 0 Å². The topological polar surface area (TPSA) is 137 Å². The van der Waals surface area contributed by atoms with Gasteiger partial charge in [0.05, 0.1) is 26.1 Å². The molecule has 0 aliphatic carbocycles. The monoisotopic (exact) mass is 571 g/mol. The molecule has 10 heteroatoms. The number of phenols is 2. The third-order valence-electron chi connectivity index (χ3n) is 8.85. The molecule has 6 rings (SSSR count). The molecule has 3 aliphatic rings. The molecule has 4 atom stereocenters. The van der Waals surface area contributed by atoms with Crippen LogP contribution in [-0.4, -0.2) is 59.6 Å². The summed E-state index contributed by atoms with van der Waals surface area (Å²) < 4.78 is 10.7. The molecule has 10 nitrogen and oxygen atoms in total. The van der Waals surface area contributed by atoms with E-state index in [4.69, 9.17) is 9.47 Å². The minimum absolute atomic E-state index is 0.145. The van der Waals surface area contributed by atoms with E-state index < -0.39 is 23.4 Å². The molecule has 218 valence electrons. The summed E-state index contributed by atoms with van der Waals surface area (Å²) in [7, 11) is 3.10. The number of hydrogen-bond donors (Lipinski definition) is 4. The van der Waals surface area contributed by atoms with Gasteiger partial charge in [-0.2, -0.15) is 0 Å². The molecule has 3 heterocycles. The summed E-state index contributed by atoms with van der Waals surface area (Å²) in [5, 5.41) is 26.3. The first-order valence-corrected chi connectivity index (χ1v) is 14.0. The number of carbonyl (C=O) groups excluding carboxylic acids is 3. The van der Waals surface area contributed by atoms with Crippen LogP contribution < -0.4 is 20.1 Å². The number of aromatic hydroxyl groups is 2. The minimum Gasteiger partial charge on any atom is -0.504 e. The number of benzene rings is 3. The Labute approximate surface area is 243 Å². The van der Waals surface area contributed by atoms with Crippen molar-refractivity contribution in [3.63, 3.8) is 0 Å². The highest BCUT2D eigenvalue weighted by Gasteiger charge is 2.70. The second-order valence-corrected chi connectivity index (χ2v) is 11.0. The van der Waals surface area contributed by atoms with Crippen molar-refractivity contribution in [1.82, 2.24) is 10.2 Å². The number of fused-ring (bicyclic) bond motifs is 4. The second kappa shape index (κ2) is 10.4. The Bertz CT molecular complexity index is 1600. The van der Waals surface area contributed by atoms with Crippen LogP contribution >= 0.6 is 0 Å². The van der Waals surface area contributed by atoms with Crippen molar-refractivity contribution in [2.45, 2.75) is 37.8 Å². The Morgan fingerprint density at radius 2 is 1.60 bits per heavy atom. The van der Waals surface area contributed by atoms with Gasteiger partial charge in [-0.05, 0) is 66.3 Å². The van der Waals surface area contributed by atoms with E-state index in [0.717, 1.165) is 17.5 Å². The van der Waals surface area contributed by atoms with Crippen molar-refractivity contribution in [1.29, 1.82) is 0 Å². The number of imide groups is 1. The molecule has 3 aliphatic heterocycles. The van der Waals surface area contributed by atoms with Gasteiger partial charge in [0.1, 0.15) is 5.54 Å². The number of nitrogens with one attached hydrogen (secondary N) is 2. The lowest BCUT2D eigenvalue weighted by atomic mass is 9.76. The average Bonchev–Trinajstić information content (AvgIpc) is 3.57. The molecule has 3 amide bonds. The smallest absolute Gasteiger partial charge is 0.250 e. The van der Waals surface area contributed by atoms with E-state index >= 15 is 0 Å². The van der Waals surface area contributed by atoms with E-state index in [2.05, 4.69) is 10.6 Å². The number of ether oxygens (including phenoxy) is 2. The van der Waals surface area contributed by atoms with Crippen LogP contribution in [0.2, 0.25) is 0 Å². The number of methoxy groups -OCH3 is 2. The first-order valence-electron chi connectivity index (χ1n) is 14.0. The number of nitrogens with zero attached hydrogens (tertiary/aromatic N) is 1. The molecule has 3 aromatic rings. The highest BCUT2D eigenvalue weighted by Crippen LogP contribution is 2.53. The molecular weight excluding hydrogens is 538 g/mol. The van der Waals surface area contributed by atoms with E-state index in [1.807, 2.05) is 37.3 Å². The average molecular weight is 572 g/mol. The van der Waals surface area contributed by atoms with E-state index in [9.17, 15) is 24.6 Å². The Balaban J connectivity index is 1.37.